The first-order chi connectivity index (χ1) is 11.3. The van der Waals surface area contributed by atoms with Crippen molar-refractivity contribution >= 4 is 15.9 Å². The Balaban J connectivity index is 1.66. The predicted molar refractivity (Wildman–Crippen MR) is 87.0 cm³/mol. The fraction of sp³-hybridized carbons (Fsp3) is 0.235. The van der Waals surface area contributed by atoms with Crippen LogP contribution in [0.5, 0.6) is 0 Å². The summed E-state index contributed by atoms with van der Waals surface area (Å²) in [6.07, 6.45) is 1.46. The Morgan fingerprint density at radius 3 is 2.17 bits per heavy atom. The molecule has 5 nitrogen and oxygen atoms in total. The first kappa shape index (κ1) is 16.6. The van der Waals surface area contributed by atoms with Crippen molar-refractivity contribution in [1.82, 2.24) is 5.32 Å². The van der Waals surface area contributed by atoms with Crippen LogP contribution in [0.25, 0.3) is 0 Å². The number of hydrogen-bond acceptors (Lipinski definition) is 3. The summed E-state index contributed by atoms with van der Waals surface area (Å²) in [5.41, 5.74) is 1.01. The van der Waals surface area contributed by atoms with Crippen LogP contribution in [0.4, 0.5) is 4.39 Å². The van der Waals surface area contributed by atoms with Crippen LogP contribution in [0.1, 0.15) is 24.0 Å². The second-order valence-electron chi connectivity index (χ2n) is 5.96. The van der Waals surface area contributed by atoms with Crippen molar-refractivity contribution in [3.8, 4) is 0 Å². The topological polar surface area (TPSA) is 89.3 Å². The quantitative estimate of drug-likeness (QED) is 0.864. The van der Waals surface area contributed by atoms with E-state index in [1.54, 1.807) is 24.3 Å². The van der Waals surface area contributed by atoms with Crippen LogP contribution in [0.2, 0.25) is 0 Å². The summed E-state index contributed by atoms with van der Waals surface area (Å²) in [6.45, 7) is 0.284. The third-order valence-electron chi connectivity index (χ3n) is 4.29. The number of hydrogen-bond donors (Lipinski definition) is 2. The van der Waals surface area contributed by atoms with Gasteiger partial charge in [0.25, 0.3) is 0 Å². The van der Waals surface area contributed by atoms with Crippen molar-refractivity contribution in [1.29, 1.82) is 0 Å². The average Bonchev–Trinajstić information content (AvgIpc) is 3.34. The van der Waals surface area contributed by atoms with Gasteiger partial charge in [0.1, 0.15) is 5.82 Å². The minimum atomic E-state index is -3.72. The second-order valence-corrected chi connectivity index (χ2v) is 7.52. The van der Waals surface area contributed by atoms with Crippen molar-refractivity contribution in [3.05, 3.63) is 65.5 Å². The van der Waals surface area contributed by atoms with Crippen LogP contribution >= 0.6 is 0 Å². The monoisotopic (exact) mass is 348 g/mol. The van der Waals surface area contributed by atoms with Gasteiger partial charge in [-0.15, -0.1) is 0 Å². The Hall–Kier alpha value is -2.25. The number of primary sulfonamides is 1. The van der Waals surface area contributed by atoms with Crippen molar-refractivity contribution in [3.63, 3.8) is 0 Å². The van der Waals surface area contributed by atoms with Gasteiger partial charge in [0, 0.05) is 6.54 Å². The van der Waals surface area contributed by atoms with Gasteiger partial charge in [-0.2, -0.15) is 0 Å². The first-order valence-corrected chi connectivity index (χ1v) is 9.02. The smallest absolute Gasteiger partial charge is 0.238 e. The van der Waals surface area contributed by atoms with Crippen LogP contribution in [0.3, 0.4) is 0 Å². The van der Waals surface area contributed by atoms with Crippen LogP contribution in [0.15, 0.2) is 53.4 Å². The molecule has 0 unspecified atom stereocenters. The van der Waals surface area contributed by atoms with E-state index in [0.29, 0.717) is 0 Å². The summed E-state index contributed by atoms with van der Waals surface area (Å²) in [4.78, 5) is 12.5. The molecule has 1 aliphatic rings. The summed E-state index contributed by atoms with van der Waals surface area (Å²) in [5.74, 6) is -0.436. The number of benzene rings is 2. The van der Waals surface area contributed by atoms with E-state index in [1.807, 2.05) is 0 Å². The Morgan fingerprint density at radius 2 is 1.67 bits per heavy atom. The number of sulfonamides is 1. The van der Waals surface area contributed by atoms with Crippen LogP contribution in [0, 0.1) is 5.82 Å². The lowest BCUT2D eigenvalue weighted by Gasteiger charge is -2.16. The third kappa shape index (κ3) is 3.32. The highest BCUT2D eigenvalue weighted by atomic mass is 32.2. The van der Waals surface area contributed by atoms with Crippen molar-refractivity contribution in [2.24, 2.45) is 5.14 Å². The van der Waals surface area contributed by atoms with E-state index in [4.69, 9.17) is 5.14 Å². The minimum absolute atomic E-state index is 0.0301. The molecule has 1 amide bonds. The van der Waals surface area contributed by atoms with Gasteiger partial charge in [0.2, 0.25) is 15.9 Å². The zero-order chi connectivity index (χ0) is 17.4. The van der Waals surface area contributed by atoms with Crippen LogP contribution in [-0.2, 0) is 26.8 Å². The molecule has 0 bridgehead atoms. The zero-order valence-electron chi connectivity index (χ0n) is 12.8. The molecule has 2 aromatic carbocycles. The highest BCUT2D eigenvalue weighted by Crippen LogP contribution is 2.48. The average molecular weight is 348 g/mol. The highest BCUT2D eigenvalue weighted by Gasteiger charge is 2.51. The summed E-state index contributed by atoms with van der Waals surface area (Å²) < 4.78 is 35.5. The minimum Gasteiger partial charge on any atom is -0.351 e. The SMILES string of the molecule is NS(=O)(=O)c1ccc(CNC(=O)C2(c3ccc(F)cc3)CC2)cc1. The molecule has 7 heteroatoms. The summed E-state index contributed by atoms with van der Waals surface area (Å²) >= 11 is 0. The second kappa shape index (κ2) is 5.99. The Morgan fingerprint density at radius 1 is 1.08 bits per heavy atom. The predicted octanol–water partition coefficient (Wildman–Crippen LogP) is 1.82. The molecule has 3 rings (SSSR count). The van der Waals surface area contributed by atoms with Gasteiger partial charge in [0.15, 0.2) is 0 Å². The summed E-state index contributed by atoms with van der Waals surface area (Å²) in [5, 5.41) is 7.90. The lowest BCUT2D eigenvalue weighted by molar-refractivity contribution is -0.123. The summed E-state index contributed by atoms with van der Waals surface area (Å²) in [7, 11) is -3.72. The van der Waals surface area contributed by atoms with Gasteiger partial charge in [0.05, 0.1) is 10.3 Å². The molecule has 2 aromatic rings. The van der Waals surface area contributed by atoms with Gasteiger partial charge < -0.3 is 5.32 Å². The molecular formula is C17H17FN2O3S. The van der Waals surface area contributed by atoms with E-state index < -0.39 is 15.4 Å². The number of amides is 1. The maximum Gasteiger partial charge on any atom is 0.238 e. The molecule has 0 aromatic heterocycles. The molecule has 24 heavy (non-hydrogen) atoms. The Kier molecular flexibility index (Phi) is 4.15. The van der Waals surface area contributed by atoms with Gasteiger partial charge in [-0.1, -0.05) is 24.3 Å². The number of halogens is 1. The molecule has 0 spiro atoms. The fourth-order valence-electron chi connectivity index (χ4n) is 2.69. The van der Waals surface area contributed by atoms with Gasteiger partial charge >= 0.3 is 0 Å². The van der Waals surface area contributed by atoms with E-state index in [1.165, 1.54) is 24.3 Å². The molecule has 0 radical (unpaired) electrons. The van der Waals surface area contributed by atoms with E-state index in [0.717, 1.165) is 24.0 Å². The van der Waals surface area contributed by atoms with E-state index in [2.05, 4.69) is 5.32 Å². The molecular weight excluding hydrogens is 331 g/mol. The number of nitrogens with one attached hydrogen (secondary N) is 1. The van der Waals surface area contributed by atoms with Crippen LogP contribution < -0.4 is 10.5 Å². The molecule has 1 saturated carbocycles. The third-order valence-corrected chi connectivity index (χ3v) is 5.22. The number of nitrogens with two attached hydrogens (primary N) is 1. The highest BCUT2D eigenvalue weighted by molar-refractivity contribution is 7.89. The number of carbonyl (C=O) groups is 1. The summed E-state index contributed by atoms with van der Waals surface area (Å²) in [6, 6.07) is 12.0. The van der Waals surface area contributed by atoms with Crippen LogP contribution in [-0.4, -0.2) is 14.3 Å². The largest absolute Gasteiger partial charge is 0.351 e. The van der Waals surface area contributed by atoms with Crippen molar-refractivity contribution in [2.45, 2.75) is 29.7 Å². The van der Waals surface area contributed by atoms with Gasteiger partial charge in [-0.3, -0.25) is 4.79 Å². The Labute approximate surface area is 139 Å². The number of rotatable bonds is 5. The van der Waals surface area contributed by atoms with E-state index in [-0.39, 0.29) is 23.2 Å². The van der Waals surface area contributed by atoms with Crippen molar-refractivity contribution in [2.75, 3.05) is 0 Å². The van der Waals surface area contributed by atoms with E-state index in [9.17, 15) is 17.6 Å². The molecule has 126 valence electrons. The molecule has 1 fully saturated rings. The fourth-order valence-corrected chi connectivity index (χ4v) is 3.20. The molecule has 0 atom stereocenters. The van der Waals surface area contributed by atoms with Gasteiger partial charge in [-0.25, -0.2) is 17.9 Å². The molecule has 0 saturated heterocycles. The maximum absolute atomic E-state index is 13.0. The first-order valence-electron chi connectivity index (χ1n) is 7.47. The normalized spacial score (nSPS) is 15.8. The van der Waals surface area contributed by atoms with Crippen molar-refractivity contribution < 1.29 is 17.6 Å². The molecule has 0 aliphatic heterocycles. The Bertz CT molecular complexity index is 858. The lowest BCUT2D eigenvalue weighted by Crippen LogP contribution is -2.34. The molecule has 0 heterocycles. The molecule has 1 aliphatic carbocycles. The number of carbonyl (C=O) groups excluding carboxylic acids is 1. The lowest BCUT2D eigenvalue weighted by atomic mass is 9.95. The van der Waals surface area contributed by atoms with Gasteiger partial charge in [-0.05, 0) is 48.2 Å². The van der Waals surface area contributed by atoms with E-state index >= 15 is 0 Å². The zero-order valence-corrected chi connectivity index (χ0v) is 13.6. The molecule has 3 N–H and O–H groups in total. The maximum atomic E-state index is 13.0. The standard InChI is InChI=1S/C17H17FN2O3S/c18-14-5-3-13(4-6-14)17(9-10-17)16(21)20-11-12-1-7-15(8-2-12)24(19,22)23/h1-8H,9-11H2,(H,20,21)(H2,19,22,23).